The van der Waals surface area contributed by atoms with Crippen LogP contribution >= 0.6 is 0 Å². The third-order valence-corrected chi connectivity index (χ3v) is 12.3. The number of anilines is 1. The van der Waals surface area contributed by atoms with Gasteiger partial charge in [0.1, 0.15) is 17.1 Å². The zero-order valence-electron chi connectivity index (χ0n) is 25.1. The SMILES string of the molecule is CCCCn1c(=O)[nH]c(=O)c2[nH]c(C(Cc3ccccc3O[Si](C)(C)C(C)(C)C)c3ccc(NC(C)=O)cc3)nc21.[NaH]. The van der Waals surface area contributed by atoms with E-state index in [1.807, 2.05) is 49.4 Å². The molecule has 220 valence electrons. The molecule has 0 saturated carbocycles. The van der Waals surface area contributed by atoms with E-state index in [1.165, 1.54) is 11.5 Å². The Balaban J connectivity index is 0.00000484. The van der Waals surface area contributed by atoms with Crippen LogP contribution in [-0.2, 0) is 17.8 Å². The standard InChI is InChI=1S/C31H41N5O4Si.Na.H/c1-8-9-18-36-28-26(29(38)35-30(36)39)33-27(34-28)24(21-14-16-23(17-15-21)32-20(2)37)19-22-12-10-11-13-25(22)40-41(6,7)31(3,4)5;;/h10-17,24H,8-9,18-19H2,1-7H3,(H,32,37)(H,33,34)(H,35,38,39);;. The van der Waals surface area contributed by atoms with Crippen LogP contribution in [0.3, 0.4) is 0 Å². The average Bonchev–Trinajstić information content (AvgIpc) is 3.33. The van der Waals surface area contributed by atoms with Gasteiger partial charge >= 0.3 is 35.2 Å². The summed E-state index contributed by atoms with van der Waals surface area (Å²) < 4.78 is 8.28. The Kier molecular flexibility index (Phi) is 10.9. The summed E-state index contributed by atoms with van der Waals surface area (Å²) in [5.74, 6) is 0.989. The second kappa shape index (κ2) is 13.6. The summed E-state index contributed by atoms with van der Waals surface area (Å²) >= 11 is 0. The second-order valence-corrected chi connectivity index (χ2v) is 16.8. The van der Waals surface area contributed by atoms with E-state index in [-0.39, 0.29) is 51.9 Å². The van der Waals surface area contributed by atoms with E-state index in [9.17, 15) is 14.4 Å². The predicted octanol–water partition coefficient (Wildman–Crippen LogP) is 5.28. The Labute approximate surface area is 269 Å². The quantitative estimate of drug-likeness (QED) is 0.214. The van der Waals surface area contributed by atoms with Gasteiger partial charge in [0.25, 0.3) is 5.56 Å². The van der Waals surface area contributed by atoms with Gasteiger partial charge in [0, 0.05) is 25.1 Å². The number of carbonyl (C=O) groups is 1. The number of nitrogens with zero attached hydrogens (tertiary/aromatic N) is 2. The Morgan fingerprint density at radius 2 is 1.74 bits per heavy atom. The molecule has 1 atom stereocenters. The van der Waals surface area contributed by atoms with Crippen LogP contribution in [0.4, 0.5) is 5.69 Å². The zero-order valence-corrected chi connectivity index (χ0v) is 26.1. The van der Waals surface area contributed by atoms with E-state index in [1.54, 1.807) is 0 Å². The molecule has 0 aliphatic rings. The number of unbranched alkanes of at least 4 members (excludes halogenated alkanes) is 1. The van der Waals surface area contributed by atoms with Crippen molar-refractivity contribution in [3.05, 3.63) is 86.3 Å². The Bertz CT molecular complexity index is 1650. The number of benzene rings is 2. The molecule has 0 spiro atoms. The molecular formula is C31H42N5NaO4Si. The van der Waals surface area contributed by atoms with Crippen molar-refractivity contribution in [2.45, 2.75) is 84.5 Å². The van der Waals surface area contributed by atoms with Gasteiger partial charge < -0.3 is 14.7 Å². The summed E-state index contributed by atoms with van der Waals surface area (Å²) in [5.41, 5.74) is 2.34. The van der Waals surface area contributed by atoms with Crippen molar-refractivity contribution >= 4 is 60.6 Å². The van der Waals surface area contributed by atoms with E-state index < -0.39 is 19.6 Å². The normalized spacial score (nSPS) is 12.5. The van der Waals surface area contributed by atoms with Crippen molar-refractivity contribution in [1.82, 2.24) is 19.5 Å². The molecule has 4 rings (SSSR count). The number of rotatable bonds is 10. The van der Waals surface area contributed by atoms with Crippen molar-refractivity contribution in [2.24, 2.45) is 0 Å². The van der Waals surface area contributed by atoms with Crippen LogP contribution in [0.2, 0.25) is 18.1 Å². The van der Waals surface area contributed by atoms with Crippen LogP contribution in [-0.4, -0.2) is 63.3 Å². The molecule has 2 heterocycles. The van der Waals surface area contributed by atoms with Crippen molar-refractivity contribution in [2.75, 3.05) is 5.32 Å². The first-order valence-electron chi connectivity index (χ1n) is 14.2. The van der Waals surface area contributed by atoms with Gasteiger partial charge in [-0.25, -0.2) is 9.78 Å². The number of hydrogen-bond donors (Lipinski definition) is 3. The number of hydrogen-bond acceptors (Lipinski definition) is 5. The van der Waals surface area contributed by atoms with Crippen LogP contribution < -0.4 is 21.0 Å². The number of carbonyl (C=O) groups excluding carboxylic acids is 1. The van der Waals surface area contributed by atoms with E-state index >= 15 is 0 Å². The molecular weight excluding hydrogens is 557 g/mol. The summed E-state index contributed by atoms with van der Waals surface area (Å²) in [6.45, 7) is 15.1. The predicted molar refractivity (Wildman–Crippen MR) is 174 cm³/mol. The van der Waals surface area contributed by atoms with Crippen LogP contribution in [0.5, 0.6) is 5.75 Å². The first-order chi connectivity index (χ1) is 19.3. The van der Waals surface area contributed by atoms with E-state index in [2.05, 4.69) is 55.2 Å². The molecule has 0 radical (unpaired) electrons. The Morgan fingerprint density at radius 3 is 2.36 bits per heavy atom. The molecule has 1 unspecified atom stereocenters. The molecule has 42 heavy (non-hydrogen) atoms. The Morgan fingerprint density at radius 1 is 1.07 bits per heavy atom. The van der Waals surface area contributed by atoms with E-state index in [0.717, 1.165) is 29.7 Å². The topological polar surface area (TPSA) is 122 Å². The molecule has 2 aromatic heterocycles. The molecule has 1 amide bonds. The zero-order chi connectivity index (χ0) is 29.9. The van der Waals surface area contributed by atoms with E-state index in [0.29, 0.717) is 30.1 Å². The van der Waals surface area contributed by atoms with Gasteiger partial charge in [0.2, 0.25) is 14.2 Å². The number of aromatic nitrogens is 4. The number of fused-ring (bicyclic) bond motifs is 1. The van der Waals surface area contributed by atoms with Crippen LogP contribution in [0.1, 0.15) is 70.3 Å². The molecule has 9 nitrogen and oxygen atoms in total. The Hall–Kier alpha value is -2.92. The maximum absolute atomic E-state index is 12.8. The fourth-order valence-electron chi connectivity index (χ4n) is 4.54. The molecule has 2 aromatic carbocycles. The fourth-order valence-corrected chi connectivity index (χ4v) is 5.60. The molecule has 3 N–H and O–H groups in total. The molecule has 0 saturated heterocycles. The number of H-pyrrole nitrogens is 2. The van der Waals surface area contributed by atoms with Crippen molar-refractivity contribution in [3.8, 4) is 5.75 Å². The summed E-state index contributed by atoms with van der Waals surface area (Å²) in [6, 6.07) is 15.7. The summed E-state index contributed by atoms with van der Waals surface area (Å²) in [5, 5.41) is 2.84. The average molecular weight is 600 g/mol. The van der Waals surface area contributed by atoms with Crippen LogP contribution in [0.15, 0.2) is 58.1 Å². The van der Waals surface area contributed by atoms with Gasteiger partial charge in [-0.05, 0) is 60.3 Å². The maximum atomic E-state index is 12.8. The summed E-state index contributed by atoms with van der Waals surface area (Å²) in [6.07, 6.45) is 2.23. The van der Waals surface area contributed by atoms with Crippen LogP contribution in [0.25, 0.3) is 11.2 Å². The molecule has 0 bridgehead atoms. The van der Waals surface area contributed by atoms with Gasteiger partial charge in [0.15, 0.2) is 5.65 Å². The molecule has 0 aliphatic carbocycles. The molecule has 11 heteroatoms. The number of nitrogens with one attached hydrogen (secondary N) is 3. The van der Waals surface area contributed by atoms with Crippen LogP contribution in [0, 0.1) is 0 Å². The van der Waals surface area contributed by atoms with Gasteiger partial charge in [-0.2, -0.15) is 0 Å². The number of amides is 1. The first kappa shape index (κ1) is 33.6. The third kappa shape index (κ3) is 7.53. The van der Waals surface area contributed by atoms with Gasteiger partial charge in [-0.1, -0.05) is 64.4 Å². The first-order valence-corrected chi connectivity index (χ1v) is 17.1. The number of aromatic amines is 2. The second-order valence-electron chi connectivity index (χ2n) is 12.1. The summed E-state index contributed by atoms with van der Waals surface area (Å²) in [7, 11) is -2.12. The minimum atomic E-state index is -2.12. The molecule has 4 aromatic rings. The number of para-hydroxylation sites is 1. The monoisotopic (exact) mass is 599 g/mol. The molecule has 0 fully saturated rings. The van der Waals surface area contributed by atoms with Gasteiger partial charge in [0.05, 0.1) is 0 Å². The number of aryl methyl sites for hydroxylation is 1. The minimum absolute atomic E-state index is 0. The van der Waals surface area contributed by atoms with Crippen molar-refractivity contribution in [1.29, 1.82) is 0 Å². The van der Waals surface area contributed by atoms with Gasteiger partial charge in [-0.3, -0.25) is 19.1 Å². The number of imidazole rings is 1. The van der Waals surface area contributed by atoms with Gasteiger partial charge in [-0.15, -0.1) is 0 Å². The fraction of sp³-hybridized carbons (Fsp3) is 0.419. The van der Waals surface area contributed by atoms with Crippen molar-refractivity contribution in [3.63, 3.8) is 0 Å². The van der Waals surface area contributed by atoms with E-state index in [4.69, 9.17) is 9.41 Å². The van der Waals surface area contributed by atoms with Crippen molar-refractivity contribution < 1.29 is 9.22 Å². The third-order valence-electron chi connectivity index (χ3n) is 7.92. The molecule has 0 aliphatic heterocycles. The summed E-state index contributed by atoms with van der Waals surface area (Å²) in [4.78, 5) is 47.6.